The van der Waals surface area contributed by atoms with Gasteiger partial charge < -0.3 is 0 Å². The summed E-state index contributed by atoms with van der Waals surface area (Å²) < 4.78 is 24.9. The van der Waals surface area contributed by atoms with Crippen molar-refractivity contribution in [2.24, 2.45) is 0 Å². The van der Waals surface area contributed by atoms with E-state index in [9.17, 15) is 8.78 Å². The fourth-order valence-electron chi connectivity index (χ4n) is 0.676. The number of nitriles is 1. The normalized spacial score (nSPS) is 11.0. The Bertz CT molecular complexity index is 368. The molecule has 0 saturated carbocycles. The summed E-state index contributed by atoms with van der Waals surface area (Å²) in [5, 5.41) is 4.58. The standard InChI is InChI=1S/C7H2Cl2F2N2/c8-6-4(3-12)1-2-5(13-6)7(9,10)11/h1-2H. The second-order valence-electron chi connectivity index (χ2n) is 2.14. The summed E-state index contributed by atoms with van der Waals surface area (Å²) in [6.07, 6.45) is 0. The Morgan fingerprint density at radius 3 is 2.46 bits per heavy atom. The maximum Gasteiger partial charge on any atom is 0.364 e. The average Bonchev–Trinajstić information content (AvgIpc) is 2.02. The summed E-state index contributed by atoms with van der Waals surface area (Å²) in [4.78, 5) is 3.28. The zero-order valence-electron chi connectivity index (χ0n) is 6.06. The van der Waals surface area contributed by atoms with Gasteiger partial charge in [-0.1, -0.05) is 11.6 Å². The predicted octanol–water partition coefficient (Wildman–Crippen LogP) is 2.89. The van der Waals surface area contributed by atoms with E-state index in [2.05, 4.69) is 16.6 Å². The predicted molar refractivity (Wildman–Crippen MR) is 43.7 cm³/mol. The number of hydrogen-bond donors (Lipinski definition) is 0. The number of nitrogens with zero attached hydrogens (tertiary/aromatic N) is 2. The monoisotopic (exact) mass is 222 g/mol. The van der Waals surface area contributed by atoms with Crippen LogP contribution >= 0.6 is 23.2 Å². The van der Waals surface area contributed by atoms with Crippen LogP contribution in [0.3, 0.4) is 0 Å². The minimum atomic E-state index is -3.56. The summed E-state index contributed by atoms with van der Waals surface area (Å²) in [5.74, 6) is 0. The highest BCUT2D eigenvalue weighted by molar-refractivity contribution is 6.30. The van der Waals surface area contributed by atoms with Crippen LogP contribution in [0.5, 0.6) is 0 Å². The molecule has 1 heterocycles. The zero-order valence-corrected chi connectivity index (χ0v) is 7.57. The van der Waals surface area contributed by atoms with E-state index >= 15 is 0 Å². The fourth-order valence-corrected chi connectivity index (χ4v) is 0.977. The zero-order chi connectivity index (χ0) is 10.1. The first kappa shape index (κ1) is 10.2. The third-order valence-electron chi connectivity index (χ3n) is 1.26. The molecule has 0 aliphatic heterocycles. The highest BCUT2D eigenvalue weighted by Gasteiger charge is 2.30. The van der Waals surface area contributed by atoms with Gasteiger partial charge in [0.15, 0.2) is 0 Å². The summed E-state index contributed by atoms with van der Waals surface area (Å²) >= 11 is 10.1. The molecule has 6 heteroatoms. The maximum absolute atomic E-state index is 12.4. The minimum absolute atomic E-state index is 0.0336. The highest BCUT2D eigenvalue weighted by Crippen LogP contribution is 2.31. The second-order valence-corrected chi connectivity index (χ2v) is 2.98. The van der Waals surface area contributed by atoms with Gasteiger partial charge in [-0.3, -0.25) is 0 Å². The molecule has 0 saturated heterocycles. The molecule has 1 rings (SSSR count). The SMILES string of the molecule is N#Cc1ccc(C(F)(F)Cl)nc1Cl. The summed E-state index contributed by atoms with van der Waals surface area (Å²) in [6.45, 7) is 0. The van der Waals surface area contributed by atoms with Crippen molar-refractivity contribution in [3.8, 4) is 6.07 Å². The van der Waals surface area contributed by atoms with Gasteiger partial charge in [0.2, 0.25) is 0 Å². The fraction of sp³-hybridized carbons (Fsp3) is 0.143. The van der Waals surface area contributed by atoms with E-state index in [1.807, 2.05) is 0 Å². The van der Waals surface area contributed by atoms with Crippen LogP contribution in [0.2, 0.25) is 5.15 Å². The van der Waals surface area contributed by atoms with Crippen LogP contribution in [-0.4, -0.2) is 4.98 Å². The second kappa shape index (κ2) is 3.44. The van der Waals surface area contributed by atoms with E-state index in [4.69, 9.17) is 16.9 Å². The van der Waals surface area contributed by atoms with Gasteiger partial charge in [0.1, 0.15) is 16.9 Å². The van der Waals surface area contributed by atoms with Gasteiger partial charge in [0.05, 0.1) is 5.56 Å². The maximum atomic E-state index is 12.4. The van der Waals surface area contributed by atoms with Crippen LogP contribution < -0.4 is 0 Å². The van der Waals surface area contributed by atoms with Gasteiger partial charge in [-0.15, -0.1) is 0 Å². The molecule has 0 amide bonds. The molecular formula is C7H2Cl2F2N2. The Morgan fingerprint density at radius 2 is 2.08 bits per heavy atom. The Balaban J connectivity index is 3.20. The molecular weight excluding hydrogens is 221 g/mol. The molecule has 0 N–H and O–H groups in total. The molecule has 1 aromatic heterocycles. The summed E-state index contributed by atoms with van der Waals surface area (Å²) in [5.41, 5.74) is -0.635. The van der Waals surface area contributed by atoms with Gasteiger partial charge in [-0.05, 0) is 23.7 Å². The lowest BCUT2D eigenvalue weighted by Crippen LogP contribution is -2.06. The molecule has 0 radical (unpaired) electrons. The molecule has 2 nitrogen and oxygen atoms in total. The third-order valence-corrected chi connectivity index (χ3v) is 1.74. The number of pyridine rings is 1. The van der Waals surface area contributed by atoms with Crippen molar-refractivity contribution >= 4 is 23.2 Å². The topological polar surface area (TPSA) is 36.7 Å². The first-order valence-electron chi connectivity index (χ1n) is 3.09. The lowest BCUT2D eigenvalue weighted by Gasteiger charge is -2.06. The average molecular weight is 223 g/mol. The van der Waals surface area contributed by atoms with Crippen molar-refractivity contribution < 1.29 is 8.78 Å². The van der Waals surface area contributed by atoms with Crippen molar-refractivity contribution in [3.63, 3.8) is 0 Å². The van der Waals surface area contributed by atoms with Crippen LogP contribution in [0.1, 0.15) is 11.3 Å². The molecule has 0 bridgehead atoms. The lowest BCUT2D eigenvalue weighted by atomic mass is 10.3. The number of halogens is 4. The van der Waals surface area contributed by atoms with Gasteiger partial charge in [-0.25, -0.2) is 4.98 Å². The molecule has 68 valence electrons. The van der Waals surface area contributed by atoms with E-state index in [1.165, 1.54) is 0 Å². The van der Waals surface area contributed by atoms with Gasteiger partial charge in [0.25, 0.3) is 0 Å². The third kappa shape index (κ3) is 2.27. The van der Waals surface area contributed by atoms with Gasteiger partial charge in [-0.2, -0.15) is 14.0 Å². The van der Waals surface area contributed by atoms with Crippen LogP contribution in [0, 0.1) is 11.3 Å². The van der Waals surface area contributed by atoms with Crippen LogP contribution in [0.4, 0.5) is 8.78 Å². The Morgan fingerprint density at radius 1 is 1.46 bits per heavy atom. The van der Waals surface area contributed by atoms with E-state index in [-0.39, 0.29) is 10.7 Å². The first-order valence-corrected chi connectivity index (χ1v) is 3.84. The lowest BCUT2D eigenvalue weighted by molar-refractivity contribution is 0.0900. The van der Waals surface area contributed by atoms with E-state index in [1.54, 1.807) is 6.07 Å². The smallest absolute Gasteiger partial charge is 0.232 e. The quantitative estimate of drug-likeness (QED) is 0.542. The Labute approximate surface area is 82.7 Å². The van der Waals surface area contributed by atoms with E-state index in [0.29, 0.717) is 0 Å². The molecule has 0 unspecified atom stereocenters. The highest BCUT2D eigenvalue weighted by atomic mass is 35.5. The molecule has 0 aliphatic carbocycles. The molecule has 0 spiro atoms. The Hall–Kier alpha value is -0.920. The van der Waals surface area contributed by atoms with Crippen molar-refractivity contribution in [2.75, 3.05) is 0 Å². The van der Waals surface area contributed by atoms with Crippen LogP contribution in [-0.2, 0) is 5.38 Å². The molecule has 0 aliphatic rings. The summed E-state index contributed by atoms with van der Waals surface area (Å²) in [7, 11) is 0. The number of aromatic nitrogens is 1. The first-order chi connectivity index (χ1) is 5.95. The summed E-state index contributed by atoms with van der Waals surface area (Å²) in [6, 6.07) is 3.79. The minimum Gasteiger partial charge on any atom is -0.232 e. The van der Waals surface area contributed by atoms with E-state index < -0.39 is 11.1 Å². The van der Waals surface area contributed by atoms with Gasteiger partial charge in [0, 0.05) is 0 Å². The van der Waals surface area contributed by atoms with Crippen LogP contribution in [0.25, 0.3) is 0 Å². The van der Waals surface area contributed by atoms with Crippen molar-refractivity contribution in [3.05, 3.63) is 28.5 Å². The molecule has 0 atom stereocenters. The van der Waals surface area contributed by atoms with Crippen LogP contribution in [0.15, 0.2) is 12.1 Å². The largest absolute Gasteiger partial charge is 0.364 e. The number of rotatable bonds is 1. The molecule has 1 aromatic rings. The van der Waals surface area contributed by atoms with Crippen molar-refractivity contribution in [1.29, 1.82) is 5.26 Å². The molecule has 0 aromatic carbocycles. The van der Waals surface area contributed by atoms with E-state index in [0.717, 1.165) is 12.1 Å². The van der Waals surface area contributed by atoms with Crippen molar-refractivity contribution in [1.82, 2.24) is 4.98 Å². The number of hydrogen-bond acceptors (Lipinski definition) is 2. The van der Waals surface area contributed by atoms with Gasteiger partial charge >= 0.3 is 5.38 Å². The number of alkyl halides is 3. The molecule has 13 heavy (non-hydrogen) atoms. The molecule has 0 fully saturated rings. The Kier molecular flexibility index (Phi) is 2.69. The van der Waals surface area contributed by atoms with Crippen molar-refractivity contribution in [2.45, 2.75) is 5.38 Å².